The summed E-state index contributed by atoms with van der Waals surface area (Å²) in [5, 5.41) is 42.4. The molecule has 70 heavy (non-hydrogen) atoms. The third-order valence-electron chi connectivity index (χ3n) is 11.1. The summed E-state index contributed by atoms with van der Waals surface area (Å²) >= 11 is 27.7. The van der Waals surface area contributed by atoms with E-state index in [2.05, 4.69) is 26.2 Å². The third kappa shape index (κ3) is 14.3. The second-order valence-corrected chi connectivity index (χ2v) is 17.6. The second kappa shape index (κ2) is 25.9. The standard InChI is InChI=1S/C52H47Cl4N5O9/c1-31(64)45(12-14-63)61-25-39-18-44(54)49(20-47(39)68-27-33-15-32(21-57)22-59-23-33)70-30-38-6-4-8-42(51(38)56)41-7-3-5-37(50(41)55)29-69-48-19-46(67-28-34-16-40(58-2)26-60-24-34)36(17-43(48)53)10-9-35(11-13-62)52(65)66/h3-8,15-20,22-24,26,35,45,61-63H,9-14,25,27-30H2,1H3,(H,65,66). The number of nitrogens with zero attached hydrogens (tertiary/aromatic N) is 4. The lowest BCUT2D eigenvalue weighted by molar-refractivity contribution is -0.142. The number of carbonyl (C=O) groups is 2. The summed E-state index contributed by atoms with van der Waals surface area (Å²) in [4.78, 5) is 35.7. The molecule has 0 fully saturated rings. The first-order chi connectivity index (χ1) is 33.8. The Bertz CT molecular complexity index is 2710. The van der Waals surface area contributed by atoms with E-state index in [1.165, 1.54) is 19.3 Å². The topological polar surface area (TPSA) is 198 Å². The molecular weight excluding hydrogens is 980 g/mol. The van der Waals surface area contributed by atoms with E-state index in [0.717, 1.165) is 0 Å². The number of carbonyl (C=O) groups excluding carboxylic acids is 1. The Hall–Kier alpha value is -6.46. The normalized spacial score (nSPS) is 11.8. The second-order valence-electron chi connectivity index (χ2n) is 16.0. The molecule has 2 atom stereocenters. The van der Waals surface area contributed by atoms with Crippen molar-refractivity contribution in [2.75, 3.05) is 13.2 Å². The van der Waals surface area contributed by atoms with Crippen LogP contribution in [0.5, 0.6) is 23.0 Å². The van der Waals surface area contributed by atoms with E-state index < -0.39 is 17.9 Å². The number of carboxylic acid groups (broad SMARTS) is 1. The third-order valence-corrected chi connectivity index (χ3v) is 12.6. The highest BCUT2D eigenvalue weighted by Crippen LogP contribution is 2.40. The summed E-state index contributed by atoms with van der Waals surface area (Å²) in [6.07, 6.45) is 6.91. The van der Waals surface area contributed by atoms with Gasteiger partial charge in [-0.3, -0.25) is 19.6 Å². The SMILES string of the molecule is [C-]#[N+]c1cncc(COc2cc(OCc3cccc(-c4cccc(COc5cc(OCc6cncc(C#N)c6)c(CNC(CCO)C(C)=O)cc5Cl)c4Cl)c3Cl)c(Cl)cc2CCC(CCO)C(=O)O)c1. The number of aliphatic hydroxyl groups is 2. The maximum absolute atomic E-state index is 12.2. The van der Waals surface area contributed by atoms with Crippen molar-refractivity contribution in [2.45, 2.75) is 71.6 Å². The van der Waals surface area contributed by atoms with Gasteiger partial charge in [-0.1, -0.05) is 82.8 Å². The van der Waals surface area contributed by atoms with Crippen LogP contribution in [0.4, 0.5) is 5.69 Å². The van der Waals surface area contributed by atoms with Crippen LogP contribution in [0.3, 0.4) is 0 Å². The molecule has 0 saturated carbocycles. The van der Waals surface area contributed by atoms with Gasteiger partial charge in [0, 0.05) is 90.1 Å². The number of halogens is 4. The minimum Gasteiger partial charge on any atom is -0.488 e. The molecule has 4 aromatic carbocycles. The van der Waals surface area contributed by atoms with E-state index in [0.29, 0.717) is 83.1 Å². The van der Waals surface area contributed by atoms with Crippen LogP contribution in [0.15, 0.2) is 97.6 Å². The van der Waals surface area contributed by atoms with Gasteiger partial charge in [0.15, 0.2) is 0 Å². The van der Waals surface area contributed by atoms with Gasteiger partial charge < -0.3 is 39.6 Å². The van der Waals surface area contributed by atoms with Gasteiger partial charge in [0.25, 0.3) is 0 Å². The van der Waals surface area contributed by atoms with Crippen molar-refractivity contribution in [3.63, 3.8) is 0 Å². The van der Waals surface area contributed by atoms with Crippen LogP contribution in [-0.4, -0.2) is 56.3 Å². The number of hydrogen-bond acceptors (Lipinski definition) is 12. The number of aliphatic hydroxyl groups excluding tert-OH is 2. The van der Waals surface area contributed by atoms with Crippen LogP contribution in [0.25, 0.3) is 16.0 Å². The number of rotatable bonds is 25. The summed E-state index contributed by atoms with van der Waals surface area (Å²) in [5.74, 6) is -0.565. The van der Waals surface area contributed by atoms with Gasteiger partial charge in [0.2, 0.25) is 5.69 Å². The molecule has 6 aromatic rings. The zero-order valence-corrected chi connectivity index (χ0v) is 40.8. The average Bonchev–Trinajstić information content (AvgIpc) is 3.35. The van der Waals surface area contributed by atoms with Crippen LogP contribution < -0.4 is 24.3 Å². The van der Waals surface area contributed by atoms with E-state index in [1.807, 2.05) is 30.3 Å². The Labute approximate surface area is 425 Å². The smallest absolute Gasteiger partial charge is 0.306 e. The fourth-order valence-electron chi connectivity index (χ4n) is 7.34. The Morgan fingerprint density at radius 2 is 1.24 bits per heavy atom. The molecule has 14 nitrogen and oxygen atoms in total. The number of nitriles is 1. The Morgan fingerprint density at radius 3 is 1.79 bits per heavy atom. The zero-order valence-electron chi connectivity index (χ0n) is 37.8. The molecule has 0 amide bonds. The molecule has 2 unspecified atom stereocenters. The van der Waals surface area contributed by atoms with Crippen molar-refractivity contribution in [3.05, 3.63) is 168 Å². The molecule has 2 aromatic heterocycles. The highest BCUT2D eigenvalue weighted by Gasteiger charge is 2.22. The Balaban J connectivity index is 1.21. The number of pyridine rings is 2. The molecule has 0 bridgehead atoms. The quantitative estimate of drug-likeness (QED) is 0.0396. The van der Waals surface area contributed by atoms with Crippen LogP contribution in [-0.2, 0) is 49.0 Å². The lowest BCUT2D eigenvalue weighted by Crippen LogP contribution is -2.35. The maximum atomic E-state index is 12.2. The molecule has 0 radical (unpaired) electrons. The van der Waals surface area contributed by atoms with Gasteiger partial charge in [-0.05, 0) is 68.0 Å². The van der Waals surface area contributed by atoms with E-state index in [-0.39, 0.29) is 93.4 Å². The summed E-state index contributed by atoms with van der Waals surface area (Å²) in [6.45, 7) is 8.65. The molecular formula is C52H47Cl4N5O9. The van der Waals surface area contributed by atoms with Gasteiger partial charge in [0.1, 0.15) is 61.3 Å². The number of aliphatic carboxylic acids is 1. The van der Waals surface area contributed by atoms with E-state index >= 15 is 0 Å². The molecule has 4 N–H and O–H groups in total. The number of hydrogen-bond donors (Lipinski definition) is 4. The first-order valence-electron chi connectivity index (χ1n) is 21.9. The number of Topliss-reactive ketones (excluding diaryl/α,β-unsaturated/α-hetero) is 1. The fourth-order valence-corrected chi connectivity index (χ4v) is 8.38. The Kier molecular flexibility index (Phi) is 19.6. The van der Waals surface area contributed by atoms with Gasteiger partial charge in [-0.2, -0.15) is 5.26 Å². The number of aryl methyl sites for hydroxylation is 1. The van der Waals surface area contributed by atoms with E-state index in [1.54, 1.807) is 54.9 Å². The summed E-state index contributed by atoms with van der Waals surface area (Å²) in [7, 11) is 0. The van der Waals surface area contributed by atoms with Gasteiger partial charge in [-0.15, -0.1) is 0 Å². The predicted octanol–water partition coefficient (Wildman–Crippen LogP) is 10.9. The summed E-state index contributed by atoms with van der Waals surface area (Å²) < 4.78 is 24.9. The number of carboxylic acids is 1. The van der Waals surface area contributed by atoms with Crippen molar-refractivity contribution in [3.8, 4) is 40.2 Å². The van der Waals surface area contributed by atoms with Gasteiger partial charge >= 0.3 is 5.97 Å². The first-order valence-corrected chi connectivity index (χ1v) is 23.4. The van der Waals surface area contributed by atoms with Crippen LogP contribution >= 0.6 is 46.4 Å². The molecule has 0 aliphatic heterocycles. The number of aromatic nitrogens is 2. The zero-order chi connectivity index (χ0) is 50.2. The highest BCUT2D eigenvalue weighted by molar-refractivity contribution is 6.37. The van der Waals surface area contributed by atoms with E-state index in [4.69, 9.17) is 71.9 Å². The largest absolute Gasteiger partial charge is 0.488 e. The van der Waals surface area contributed by atoms with Crippen molar-refractivity contribution >= 4 is 63.8 Å². The number of benzene rings is 4. The number of ketones is 1. The van der Waals surface area contributed by atoms with Crippen molar-refractivity contribution in [2.24, 2.45) is 5.92 Å². The summed E-state index contributed by atoms with van der Waals surface area (Å²) in [5.41, 5.74) is 5.77. The molecule has 0 spiro atoms. The monoisotopic (exact) mass is 1030 g/mol. The van der Waals surface area contributed by atoms with Crippen molar-refractivity contribution < 1.29 is 43.9 Å². The number of ether oxygens (including phenoxy) is 4. The molecule has 2 heterocycles. The first kappa shape index (κ1) is 52.9. The fraction of sp³-hybridized carbons (Fsp3) is 0.269. The molecule has 0 aliphatic carbocycles. The van der Waals surface area contributed by atoms with E-state index in [9.17, 15) is 30.2 Å². The minimum atomic E-state index is -1.01. The average molecular weight is 1030 g/mol. The van der Waals surface area contributed by atoms with Crippen molar-refractivity contribution in [1.29, 1.82) is 5.26 Å². The van der Waals surface area contributed by atoms with Gasteiger partial charge in [-0.25, -0.2) is 4.85 Å². The lowest BCUT2D eigenvalue weighted by atomic mass is 9.96. The maximum Gasteiger partial charge on any atom is 0.306 e. The molecule has 6 rings (SSSR count). The molecule has 0 aliphatic rings. The Morgan fingerprint density at radius 1 is 0.700 bits per heavy atom. The van der Waals surface area contributed by atoms with Crippen molar-refractivity contribution in [1.82, 2.24) is 15.3 Å². The minimum absolute atomic E-state index is 0.000296. The van der Waals surface area contributed by atoms with Crippen LogP contribution in [0, 0.1) is 23.8 Å². The summed E-state index contributed by atoms with van der Waals surface area (Å²) in [6, 6.07) is 22.3. The van der Waals surface area contributed by atoms with Gasteiger partial charge in [0.05, 0.1) is 44.2 Å². The predicted molar refractivity (Wildman–Crippen MR) is 266 cm³/mol. The lowest BCUT2D eigenvalue weighted by Gasteiger charge is -2.19. The molecule has 18 heteroatoms. The highest BCUT2D eigenvalue weighted by atomic mass is 35.5. The molecule has 362 valence electrons. The molecule has 0 saturated heterocycles. The van der Waals surface area contributed by atoms with Crippen LogP contribution in [0.1, 0.15) is 65.1 Å². The van der Waals surface area contributed by atoms with Crippen LogP contribution in [0.2, 0.25) is 20.1 Å². The number of nitrogens with one attached hydrogen (secondary N) is 1.